The van der Waals surface area contributed by atoms with E-state index < -0.39 is 25.8 Å². The standard InChI is InChI=1S/C25H32ClF2N3OSi/c1-33(2,3)15-14-32-16-31-21-11-7-6-10-20(21)29-25(31)30-24(17-8-4-5-9-17)22-19(27)13-12-18(26)23(22)28/h6-7,10-13,17,24H,4-5,8-9,14-16H2,1-3H3,(H,29,30). The van der Waals surface area contributed by atoms with Gasteiger partial charge in [0.1, 0.15) is 18.4 Å². The second-order valence-corrected chi connectivity index (χ2v) is 16.2. The minimum Gasteiger partial charge on any atom is -0.361 e. The number of hydrogen-bond donors (Lipinski definition) is 1. The molecule has 0 amide bonds. The smallest absolute Gasteiger partial charge is 0.206 e. The van der Waals surface area contributed by atoms with Crippen LogP contribution >= 0.6 is 11.6 Å². The largest absolute Gasteiger partial charge is 0.361 e. The lowest BCUT2D eigenvalue weighted by Gasteiger charge is -2.27. The van der Waals surface area contributed by atoms with Crippen molar-refractivity contribution in [2.24, 2.45) is 5.92 Å². The predicted octanol–water partition coefficient (Wildman–Crippen LogP) is 7.62. The molecule has 2 aromatic carbocycles. The molecule has 178 valence electrons. The summed E-state index contributed by atoms with van der Waals surface area (Å²) in [5.41, 5.74) is 1.73. The van der Waals surface area contributed by atoms with Gasteiger partial charge in [-0.1, -0.05) is 56.2 Å². The third kappa shape index (κ3) is 5.58. The first-order chi connectivity index (χ1) is 15.7. The van der Waals surface area contributed by atoms with Crippen LogP contribution in [0.25, 0.3) is 11.0 Å². The van der Waals surface area contributed by atoms with E-state index in [9.17, 15) is 4.39 Å². The van der Waals surface area contributed by atoms with Crippen LogP contribution < -0.4 is 5.32 Å². The van der Waals surface area contributed by atoms with E-state index in [4.69, 9.17) is 21.3 Å². The van der Waals surface area contributed by atoms with Crippen LogP contribution in [-0.2, 0) is 11.5 Å². The highest BCUT2D eigenvalue weighted by Gasteiger charge is 2.32. The van der Waals surface area contributed by atoms with Crippen LogP contribution in [0.2, 0.25) is 30.7 Å². The number of rotatable bonds is 9. The number of anilines is 1. The molecular weight excluding hydrogens is 460 g/mol. The number of para-hydroxylation sites is 2. The zero-order valence-corrected chi connectivity index (χ0v) is 21.3. The van der Waals surface area contributed by atoms with Crippen molar-refractivity contribution in [2.75, 3.05) is 11.9 Å². The lowest BCUT2D eigenvalue weighted by atomic mass is 9.91. The van der Waals surface area contributed by atoms with Crippen molar-refractivity contribution in [3.8, 4) is 0 Å². The van der Waals surface area contributed by atoms with Crippen LogP contribution in [0.3, 0.4) is 0 Å². The Hall–Kier alpha value is -1.96. The number of halogens is 3. The summed E-state index contributed by atoms with van der Waals surface area (Å²) in [7, 11) is -1.21. The molecule has 1 fully saturated rings. The number of fused-ring (bicyclic) bond motifs is 1. The van der Waals surface area contributed by atoms with Crippen molar-refractivity contribution in [3.05, 3.63) is 58.6 Å². The van der Waals surface area contributed by atoms with Gasteiger partial charge in [-0.05, 0) is 49.1 Å². The highest BCUT2D eigenvalue weighted by molar-refractivity contribution is 6.76. The van der Waals surface area contributed by atoms with Crippen LogP contribution in [0.4, 0.5) is 14.7 Å². The van der Waals surface area contributed by atoms with E-state index in [0.29, 0.717) is 19.3 Å². The monoisotopic (exact) mass is 491 g/mol. The fraction of sp³-hybridized carbons (Fsp3) is 0.480. The maximum Gasteiger partial charge on any atom is 0.206 e. The fourth-order valence-electron chi connectivity index (χ4n) is 4.53. The average molecular weight is 492 g/mol. The molecule has 4 rings (SSSR count). The third-order valence-electron chi connectivity index (χ3n) is 6.42. The molecule has 4 nitrogen and oxygen atoms in total. The van der Waals surface area contributed by atoms with Crippen LogP contribution in [0, 0.1) is 17.6 Å². The summed E-state index contributed by atoms with van der Waals surface area (Å²) in [6.45, 7) is 7.94. The molecule has 1 aliphatic carbocycles. The zero-order chi connectivity index (χ0) is 23.6. The lowest BCUT2D eigenvalue weighted by molar-refractivity contribution is 0.0910. The summed E-state index contributed by atoms with van der Waals surface area (Å²) in [5, 5.41) is 3.33. The lowest BCUT2D eigenvalue weighted by Crippen LogP contribution is -2.24. The number of nitrogens with one attached hydrogen (secondary N) is 1. The molecule has 0 bridgehead atoms. The molecule has 1 aromatic heterocycles. The quantitative estimate of drug-likeness (QED) is 0.190. The van der Waals surface area contributed by atoms with E-state index in [1.165, 1.54) is 12.1 Å². The molecule has 0 aliphatic heterocycles. The highest BCUT2D eigenvalue weighted by atomic mass is 35.5. The van der Waals surface area contributed by atoms with Gasteiger partial charge in [0.2, 0.25) is 5.95 Å². The van der Waals surface area contributed by atoms with Gasteiger partial charge in [0.05, 0.1) is 22.1 Å². The fourth-order valence-corrected chi connectivity index (χ4v) is 5.46. The van der Waals surface area contributed by atoms with Crippen molar-refractivity contribution in [1.29, 1.82) is 0 Å². The summed E-state index contributed by atoms with van der Waals surface area (Å²) < 4.78 is 38.0. The van der Waals surface area contributed by atoms with E-state index in [2.05, 4.69) is 25.0 Å². The topological polar surface area (TPSA) is 39.1 Å². The number of imidazole rings is 1. The summed E-state index contributed by atoms with van der Waals surface area (Å²) in [6, 6.07) is 10.8. The van der Waals surface area contributed by atoms with E-state index in [1.54, 1.807) is 0 Å². The highest BCUT2D eigenvalue weighted by Crippen LogP contribution is 2.41. The Morgan fingerprint density at radius 3 is 2.61 bits per heavy atom. The average Bonchev–Trinajstić information content (AvgIpc) is 3.41. The van der Waals surface area contributed by atoms with Gasteiger partial charge in [0.25, 0.3) is 0 Å². The summed E-state index contributed by atoms with van der Waals surface area (Å²) in [4.78, 5) is 4.76. The Balaban J connectivity index is 1.68. The van der Waals surface area contributed by atoms with Gasteiger partial charge < -0.3 is 10.1 Å². The maximum absolute atomic E-state index is 15.1. The Morgan fingerprint density at radius 2 is 1.88 bits per heavy atom. The van der Waals surface area contributed by atoms with Gasteiger partial charge in [-0.15, -0.1) is 0 Å². The summed E-state index contributed by atoms with van der Waals surface area (Å²) in [6.07, 6.45) is 3.89. The molecular formula is C25H32ClF2N3OSi. The SMILES string of the molecule is C[Si](C)(C)CCOCn1c(NC(c2c(F)ccc(Cl)c2F)C2CCCC2)nc2ccccc21. The van der Waals surface area contributed by atoms with Gasteiger partial charge in [-0.3, -0.25) is 4.57 Å². The van der Waals surface area contributed by atoms with E-state index in [-0.39, 0.29) is 16.5 Å². The van der Waals surface area contributed by atoms with Crippen molar-refractivity contribution in [2.45, 2.75) is 64.1 Å². The second kappa shape index (κ2) is 10.1. The van der Waals surface area contributed by atoms with Crippen LogP contribution in [0.5, 0.6) is 0 Å². The van der Waals surface area contributed by atoms with Crippen molar-refractivity contribution < 1.29 is 13.5 Å². The molecule has 0 saturated heterocycles. The molecule has 1 saturated carbocycles. The maximum atomic E-state index is 15.1. The molecule has 1 aliphatic rings. The molecule has 1 heterocycles. The molecule has 3 aromatic rings. The minimum absolute atomic E-state index is 0.00680. The van der Waals surface area contributed by atoms with Gasteiger partial charge in [-0.2, -0.15) is 0 Å². The van der Waals surface area contributed by atoms with Crippen LogP contribution in [0.1, 0.15) is 37.3 Å². The van der Waals surface area contributed by atoms with Gasteiger partial charge in [0, 0.05) is 20.2 Å². The third-order valence-corrected chi connectivity index (χ3v) is 8.41. The Kier molecular flexibility index (Phi) is 7.41. The normalized spacial score (nSPS) is 15.9. The van der Waals surface area contributed by atoms with E-state index in [0.717, 1.165) is 42.8 Å². The number of hydrogen-bond acceptors (Lipinski definition) is 3. The van der Waals surface area contributed by atoms with Crippen LogP contribution in [0.15, 0.2) is 36.4 Å². The van der Waals surface area contributed by atoms with Gasteiger partial charge in [-0.25, -0.2) is 13.8 Å². The molecule has 1 unspecified atom stereocenters. The zero-order valence-electron chi connectivity index (χ0n) is 19.5. The van der Waals surface area contributed by atoms with Crippen molar-refractivity contribution >= 4 is 36.7 Å². The number of ether oxygens (including phenoxy) is 1. The van der Waals surface area contributed by atoms with Crippen LogP contribution in [-0.4, -0.2) is 24.2 Å². The molecule has 1 atom stereocenters. The molecule has 1 N–H and O–H groups in total. The summed E-state index contributed by atoms with van der Waals surface area (Å²) in [5.74, 6) is -0.640. The predicted molar refractivity (Wildman–Crippen MR) is 134 cm³/mol. The first kappa shape index (κ1) is 24.2. The second-order valence-electron chi connectivity index (χ2n) is 10.1. The first-order valence-corrected chi connectivity index (χ1v) is 15.8. The molecule has 33 heavy (non-hydrogen) atoms. The number of aromatic nitrogens is 2. The minimum atomic E-state index is -1.21. The Bertz CT molecular complexity index is 1110. The van der Waals surface area contributed by atoms with Crippen molar-refractivity contribution in [1.82, 2.24) is 9.55 Å². The summed E-state index contributed by atoms with van der Waals surface area (Å²) >= 11 is 6.05. The molecule has 8 heteroatoms. The van der Waals surface area contributed by atoms with Gasteiger partial charge in [0.15, 0.2) is 0 Å². The van der Waals surface area contributed by atoms with E-state index in [1.807, 2.05) is 28.8 Å². The number of benzene rings is 2. The first-order valence-electron chi connectivity index (χ1n) is 11.7. The number of nitrogens with zero attached hydrogens (tertiary/aromatic N) is 2. The molecule has 0 spiro atoms. The van der Waals surface area contributed by atoms with Gasteiger partial charge >= 0.3 is 0 Å². The Labute approximate surface area is 200 Å². The van der Waals surface area contributed by atoms with Crippen molar-refractivity contribution in [3.63, 3.8) is 0 Å². The molecule has 0 radical (unpaired) electrons. The Morgan fingerprint density at radius 1 is 1.15 bits per heavy atom. The van der Waals surface area contributed by atoms with E-state index >= 15 is 4.39 Å².